The molecule has 0 spiro atoms. The van der Waals surface area contributed by atoms with E-state index in [2.05, 4.69) is 5.32 Å². The van der Waals surface area contributed by atoms with Crippen LogP contribution in [0.4, 0.5) is 5.69 Å². The molecule has 2 aliphatic rings. The Morgan fingerprint density at radius 3 is 2.44 bits per heavy atom. The Hall–Kier alpha value is -2.42. The van der Waals surface area contributed by atoms with Gasteiger partial charge in [0, 0.05) is 31.0 Å². The zero-order valence-electron chi connectivity index (χ0n) is 15.0. The fraction of sp³-hybridized carbons (Fsp3) is 0.500. The van der Waals surface area contributed by atoms with Gasteiger partial charge in [0.2, 0.25) is 11.8 Å². The van der Waals surface area contributed by atoms with Gasteiger partial charge in [-0.15, -0.1) is 0 Å². The largest absolute Gasteiger partial charge is 0.478 e. The second kappa shape index (κ2) is 7.30. The highest BCUT2D eigenvalue weighted by molar-refractivity contribution is 7.90. The number of likely N-dealkylation sites (tertiary alicyclic amines) is 1. The normalized spacial score (nSPS) is 20.9. The number of hydrogen-bond acceptors (Lipinski definition) is 5. The first-order valence-corrected chi connectivity index (χ1v) is 10.7. The smallest absolute Gasteiger partial charge is 0.335 e. The molecule has 8 nitrogen and oxygen atoms in total. The van der Waals surface area contributed by atoms with E-state index in [0.717, 1.165) is 38.0 Å². The van der Waals surface area contributed by atoms with Gasteiger partial charge in [-0.25, -0.2) is 13.2 Å². The first kappa shape index (κ1) is 19.3. The van der Waals surface area contributed by atoms with Crippen LogP contribution < -0.4 is 5.32 Å². The van der Waals surface area contributed by atoms with Crippen molar-refractivity contribution in [3.8, 4) is 0 Å². The molecule has 0 radical (unpaired) electrons. The number of nitrogens with zero attached hydrogens (tertiary/aromatic N) is 1. The number of aromatic carboxylic acids is 1. The molecule has 1 aliphatic carbocycles. The number of benzene rings is 1. The highest BCUT2D eigenvalue weighted by Crippen LogP contribution is 2.30. The maximum Gasteiger partial charge on any atom is 0.335 e. The Morgan fingerprint density at radius 1 is 1.19 bits per heavy atom. The fourth-order valence-corrected chi connectivity index (χ4v) is 4.41. The van der Waals surface area contributed by atoms with Gasteiger partial charge >= 0.3 is 5.97 Å². The Labute approximate surface area is 157 Å². The van der Waals surface area contributed by atoms with E-state index in [9.17, 15) is 27.9 Å². The van der Waals surface area contributed by atoms with Crippen molar-refractivity contribution in [1.82, 2.24) is 4.90 Å². The number of carbonyl (C=O) groups excluding carboxylic acids is 2. The predicted octanol–water partition coefficient (Wildman–Crippen LogP) is 1.52. The standard InChI is InChI=1S/C18H22N2O6S/c1-27(25,26)15-7-11(18(23)24)6-13(9-15)19-17(22)12-8-16(21)20(10-12)14-4-2-3-5-14/h6-7,9,12,14H,2-5,8,10H2,1H3,(H,19,22)(H,23,24). The van der Waals surface area contributed by atoms with Crippen LogP contribution in [-0.4, -0.2) is 55.1 Å². The summed E-state index contributed by atoms with van der Waals surface area (Å²) in [5.74, 6) is -2.28. The quantitative estimate of drug-likeness (QED) is 0.781. The van der Waals surface area contributed by atoms with Crippen LogP contribution in [0.15, 0.2) is 23.1 Å². The molecular weight excluding hydrogens is 372 g/mol. The Bertz CT molecular complexity index is 889. The minimum atomic E-state index is -3.64. The van der Waals surface area contributed by atoms with Crippen molar-refractivity contribution in [3.63, 3.8) is 0 Å². The molecule has 2 amide bonds. The van der Waals surface area contributed by atoms with Crippen molar-refractivity contribution in [2.24, 2.45) is 5.92 Å². The van der Waals surface area contributed by atoms with E-state index >= 15 is 0 Å². The first-order chi connectivity index (χ1) is 12.6. The van der Waals surface area contributed by atoms with E-state index in [1.807, 2.05) is 0 Å². The summed E-state index contributed by atoms with van der Waals surface area (Å²) >= 11 is 0. The molecule has 9 heteroatoms. The SMILES string of the molecule is CS(=O)(=O)c1cc(NC(=O)C2CC(=O)N(C3CCCC3)C2)cc(C(=O)O)c1. The van der Waals surface area contributed by atoms with Crippen molar-refractivity contribution < 1.29 is 27.9 Å². The molecule has 1 heterocycles. The summed E-state index contributed by atoms with van der Waals surface area (Å²) in [7, 11) is -3.64. The van der Waals surface area contributed by atoms with Gasteiger partial charge in [-0.1, -0.05) is 12.8 Å². The van der Waals surface area contributed by atoms with Crippen LogP contribution in [0.5, 0.6) is 0 Å². The number of anilines is 1. The van der Waals surface area contributed by atoms with E-state index < -0.39 is 27.6 Å². The molecule has 0 bridgehead atoms. The number of hydrogen-bond donors (Lipinski definition) is 2. The molecule has 1 saturated carbocycles. The third-order valence-corrected chi connectivity index (χ3v) is 6.24. The van der Waals surface area contributed by atoms with Gasteiger partial charge in [0.1, 0.15) is 0 Å². The lowest BCUT2D eigenvalue weighted by molar-refractivity contribution is -0.129. The van der Waals surface area contributed by atoms with Gasteiger partial charge in [-0.2, -0.15) is 0 Å². The number of rotatable bonds is 5. The number of carbonyl (C=O) groups is 3. The Kier molecular flexibility index (Phi) is 5.23. The second-order valence-electron chi connectivity index (χ2n) is 7.20. The summed E-state index contributed by atoms with van der Waals surface area (Å²) in [5, 5.41) is 11.8. The van der Waals surface area contributed by atoms with Crippen LogP contribution in [-0.2, 0) is 19.4 Å². The van der Waals surface area contributed by atoms with Gasteiger partial charge in [0.25, 0.3) is 0 Å². The molecule has 146 valence electrons. The summed E-state index contributed by atoms with van der Waals surface area (Å²) in [6.07, 6.45) is 5.16. The lowest BCUT2D eigenvalue weighted by atomic mass is 10.1. The zero-order valence-corrected chi connectivity index (χ0v) is 15.8. The molecule has 1 unspecified atom stereocenters. The average Bonchev–Trinajstić information content (AvgIpc) is 3.22. The van der Waals surface area contributed by atoms with Crippen LogP contribution in [0.2, 0.25) is 0 Å². The summed E-state index contributed by atoms with van der Waals surface area (Å²) in [6.45, 7) is 0.340. The molecule has 1 aromatic carbocycles. The van der Waals surface area contributed by atoms with Crippen LogP contribution in [0, 0.1) is 5.92 Å². The number of amides is 2. The molecule has 0 aromatic heterocycles. The first-order valence-electron chi connectivity index (χ1n) is 8.84. The van der Waals surface area contributed by atoms with E-state index in [4.69, 9.17) is 0 Å². The predicted molar refractivity (Wildman–Crippen MR) is 97.2 cm³/mol. The number of sulfone groups is 1. The van der Waals surface area contributed by atoms with E-state index in [1.165, 1.54) is 12.1 Å². The van der Waals surface area contributed by atoms with E-state index in [0.29, 0.717) is 6.54 Å². The van der Waals surface area contributed by atoms with Crippen molar-refractivity contribution in [3.05, 3.63) is 23.8 Å². The number of carboxylic acid groups (broad SMARTS) is 1. The molecule has 2 fully saturated rings. The van der Waals surface area contributed by atoms with Crippen LogP contribution in [0.3, 0.4) is 0 Å². The summed E-state index contributed by atoms with van der Waals surface area (Å²) in [5.41, 5.74) is -0.143. The molecule has 2 N–H and O–H groups in total. The van der Waals surface area contributed by atoms with Gasteiger partial charge in [-0.05, 0) is 31.0 Å². The third-order valence-electron chi connectivity index (χ3n) is 5.14. The topological polar surface area (TPSA) is 121 Å². The molecular formula is C18H22N2O6S. The van der Waals surface area contributed by atoms with Crippen molar-refractivity contribution in [1.29, 1.82) is 0 Å². The summed E-state index contributed by atoms with van der Waals surface area (Å²) in [6, 6.07) is 3.68. The maximum atomic E-state index is 12.6. The van der Waals surface area contributed by atoms with Gasteiger partial charge in [0.15, 0.2) is 9.84 Å². The Balaban J connectivity index is 1.77. The summed E-state index contributed by atoms with van der Waals surface area (Å²) in [4.78, 5) is 37.7. The van der Waals surface area contributed by atoms with Crippen LogP contribution in [0.1, 0.15) is 42.5 Å². The summed E-state index contributed by atoms with van der Waals surface area (Å²) < 4.78 is 23.6. The monoisotopic (exact) mass is 394 g/mol. The van der Waals surface area contributed by atoms with Crippen LogP contribution >= 0.6 is 0 Å². The molecule has 1 saturated heterocycles. The molecule has 3 rings (SSSR count). The third kappa shape index (κ3) is 4.29. The maximum absolute atomic E-state index is 12.6. The van der Waals surface area contributed by atoms with Crippen molar-refractivity contribution in [2.75, 3.05) is 18.1 Å². The van der Waals surface area contributed by atoms with E-state index in [1.54, 1.807) is 4.90 Å². The number of carboxylic acids is 1. The molecule has 1 atom stereocenters. The van der Waals surface area contributed by atoms with Crippen molar-refractivity contribution >= 4 is 33.3 Å². The lowest BCUT2D eigenvalue weighted by Crippen LogP contribution is -2.35. The van der Waals surface area contributed by atoms with Gasteiger partial charge in [0.05, 0.1) is 16.4 Å². The molecule has 1 aliphatic heterocycles. The molecule has 27 heavy (non-hydrogen) atoms. The Morgan fingerprint density at radius 2 is 1.85 bits per heavy atom. The number of nitrogens with one attached hydrogen (secondary N) is 1. The average molecular weight is 394 g/mol. The second-order valence-corrected chi connectivity index (χ2v) is 9.21. The molecule has 1 aromatic rings. The zero-order chi connectivity index (χ0) is 19.8. The minimum absolute atomic E-state index is 0.0434. The fourth-order valence-electron chi connectivity index (χ4n) is 3.73. The van der Waals surface area contributed by atoms with Gasteiger partial charge < -0.3 is 15.3 Å². The minimum Gasteiger partial charge on any atom is -0.478 e. The highest BCUT2D eigenvalue weighted by Gasteiger charge is 2.38. The lowest BCUT2D eigenvalue weighted by Gasteiger charge is -2.23. The van der Waals surface area contributed by atoms with Crippen LogP contribution in [0.25, 0.3) is 0 Å². The highest BCUT2D eigenvalue weighted by atomic mass is 32.2. The van der Waals surface area contributed by atoms with E-state index in [-0.39, 0.29) is 34.5 Å². The van der Waals surface area contributed by atoms with Gasteiger partial charge in [-0.3, -0.25) is 9.59 Å². The van der Waals surface area contributed by atoms with Crippen molar-refractivity contribution in [2.45, 2.75) is 43.0 Å².